The molecule has 15 heavy (non-hydrogen) atoms. The second-order valence-corrected chi connectivity index (χ2v) is 4.65. The molecular weight excluding hydrogens is 188 g/mol. The normalized spacial score (nSPS) is 22.2. The van der Waals surface area contributed by atoms with E-state index in [4.69, 9.17) is 0 Å². The summed E-state index contributed by atoms with van der Waals surface area (Å²) in [7, 11) is 0. The second-order valence-electron chi connectivity index (χ2n) is 4.65. The van der Waals surface area contributed by atoms with Crippen LogP contribution >= 0.6 is 0 Å². The number of aromatic nitrogens is 3. The first-order chi connectivity index (χ1) is 7.25. The van der Waals surface area contributed by atoms with Crippen LogP contribution < -0.4 is 5.32 Å². The molecule has 0 aromatic carbocycles. The summed E-state index contributed by atoms with van der Waals surface area (Å²) in [6.07, 6.45) is 4.89. The first-order valence-corrected chi connectivity index (χ1v) is 5.90. The molecule has 0 aliphatic carbocycles. The predicted molar refractivity (Wildman–Crippen MR) is 59.8 cm³/mol. The van der Waals surface area contributed by atoms with Gasteiger partial charge in [0.2, 0.25) is 0 Å². The fraction of sp³-hybridized carbons (Fsp3) is 0.818. The number of nitrogens with zero attached hydrogens (tertiary/aromatic N) is 2. The third-order valence-electron chi connectivity index (χ3n) is 2.92. The number of H-pyrrole nitrogens is 1. The van der Waals surface area contributed by atoms with Crippen LogP contribution in [0.1, 0.15) is 50.7 Å². The van der Waals surface area contributed by atoms with Crippen LogP contribution in [0.2, 0.25) is 0 Å². The van der Waals surface area contributed by atoms with Gasteiger partial charge in [-0.1, -0.05) is 20.3 Å². The standard InChI is InChI=1S/C11H20N4/c1-8(2)11-13-10(14-15-11)7-9-5-3-4-6-12-9/h8-9,12H,3-7H2,1-2H3,(H,13,14,15). The van der Waals surface area contributed by atoms with Gasteiger partial charge in [0.05, 0.1) is 0 Å². The van der Waals surface area contributed by atoms with Gasteiger partial charge in [-0.3, -0.25) is 5.10 Å². The fourth-order valence-electron chi connectivity index (χ4n) is 1.99. The first-order valence-electron chi connectivity index (χ1n) is 5.90. The molecule has 2 rings (SSSR count). The van der Waals surface area contributed by atoms with Crippen LogP contribution in [0.3, 0.4) is 0 Å². The highest BCUT2D eigenvalue weighted by Gasteiger charge is 2.15. The molecule has 1 aromatic heterocycles. The van der Waals surface area contributed by atoms with E-state index in [1.165, 1.54) is 19.3 Å². The quantitative estimate of drug-likeness (QED) is 0.793. The van der Waals surface area contributed by atoms with Gasteiger partial charge in [0.15, 0.2) is 5.82 Å². The van der Waals surface area contributed by atoms with Gasteiger partial charge in [0.1, 0.15) is 5.82 Å². The number of aromatic amines is 1. The van der Waals surface area contributed by atoms with E-state index in [0.29, 0.717) is 12.0 Å². The number of rotatable bonds is 3. The molecule has 0 radical (unpaired) electrons. The van der Waals surface area contributed by atoms with Crippen molar-refractivity contribution in [3.8, 4) is 0 Å². The van der Waals surface area contributed by atoms with E-state index < -0.39 is 0 Å². The van der Waals surface area contributed by atoms with Crippen LogP contribution in [0.4, 0.5) is 0 Å². The molecule has 0 amide bonds. The van der Waals surface area contributed by atoms with Crippen molar-refractivity contribution in [3.63, 3.8) is 0 Å². The van der Waals surface area contributed by atoms with E-state index in [1.807, 2.05) is 0 Å². The van der Waals surface area contributed by atoms with Crippen molar-refractivity contribution < 1.29 is 0 Å². The predicted octanol–water partition coefficient (Wildman–Crippen LogP) is 1.61. The Labute approximate surface area is 90.9 Å². The molecule has 0 bridgehead atoms. The van der Waals surface area contributed by atoms with E-state index in [2.05, 4.69) is 34.3 Å². The minimum atomic E-state index is 0.411. The van der Waals surface area contributed by atoms with Gasteiger partial charge in [-0.15, -0.1) is 0 Å². The lowest BCUT2D eigenvalue weighted by atomic mass is 10.0. The third-order valence-corrected chi connectivity index (χ3v) is 2.92. The van der Waals surface area contributed by atoms with Crippen molar-refractivity contribution >= 4 is 0 Å². The van der Waals surface area contributed by atoms with Crippen LogP contribution in [0.5, 0.6) is 0 Å². The summed E-state index contributed by atoms with van der Waals surface area (Å²) >= 11 is 0. The largest absolute Gasteiger partial charge is 0.314 e. The molecule has 1 aromatic rings. The van der Waals surface area contributed by atoms with Gasteiger partial charge >= 0.3 is 0 Å². The van der Waals surface area contributed by atoms with Crippen LogP contribution in [0.15, 0.2) is 0 Å². The van der Waals surface area contributed by atoms with E-state index in [-0.39, 0.29) is 0 Å². The average molecular weight is 208 g/mol. The Morgan fingerprint density at radius 3 is 2.87 bits per heavy atom. The average Bonchev–Trinajstić information content (AvgIpc) is 2.68. The Morgan fingerprint density at radius 2 is 2.27 bits per heavy atom. The number of hydrogen-bond donors (Lipinski definition) is 2. The van der Waals surface area contributed by atoms with E-state index >= 15 is 0 Å². The van der Waals surface area contributed by atoms with Crippen molar-refractivity contribution in [2.75, 3.05) is 6.54 Å². The first kappa shape index (κ1) is 10.6. The van der Waals surface area contributed by atoms with Crippen molar-refractivity contribution in [1.82, 2.24) is 20.5 Å². The maximum Gasteiger partial charge on any atom is 0.153 e. The highest BCUT2D eigenvalue weighted by Crippen LogP contribution is 2.12. The van der Waals surface area contributed by atoms with Crippen molar-refractivity contribution in [2.24, 2.45) is 0 Å². The Hall–Kier alpha value is -0.900. The van der Waals surface area contributed by atoms with E-state index in [1.54, 1.807) is 0 Å². The minimum Gasteiger partial charge on any atom is -0.314 e. The Kier molecular flexibility index (Phi) is 3.36. The van der Waals surface area contributed by atoms with Gasteiger partial charge in [-0.25, -0.2) is 4.98 Å². The lowest BCUT2D eigenvalue weighted by Gasteiger charge is -2.22. The molecule has 2 N–H and O–H groups in total. The number of hydrogen-bond acceptors (Lipinski definition) is 3. The van der Waals surface area contributed by atoms with Gasteiger partial charge in [-0.2, -0.15) is 5.10 Å². The Morgan fingerprint density at radius 1 is 1.40 bits per heavy atom. The highest BCUT2D eigenvalue weighted by atomic mass is 15.2. The van der Waals surface area contributed by atoms with Crippen LogP contribution in [0, 0.1) is 0 Å². The number of piperidine rings is 1. The Balaban J connectivity index is 1.91. The molecule has 1 aliphatic heterocycles. The summed E-state index contributed by atoms with van der Waals surface area (Å²) in [5.74, 6) is 2.37. The summed E-state index contributed by atoms with van der Waals surface area (Å²) in [5, 5.41) is 10.8. The minimum absolute atomic E-state index is 0.411. The summed E-state index contributed by atoms with van der Waals surface area (Å²) in [4.78, 5) is 4.50. The summed E-state index contributed by atoms with van der Waals surface area (Å²) in [6.45, 7) is 5.38. The van der Waals surface area contributed by atoms with Gasteiger partial charge in [0, 0.05) is 18.4 Å². The summed E-state index contributed by atoms with van der Waals surface area (Å²) in [5.41, 5.74) is 0. The molecule has 0 saturated carbocycles. The smallest absolute Gasteiger partial charge is 0.153 e. The molecule has 1 aliphatic rings. The van der Waals surface area contributed by atoms with Crippen LogP contribution in [-0.4, -0.2) is 27.8 Å². The summed E-state index contributed by atoms with van der Waals surface area (Å²) in [6, 6.07) is 0.590. The summed E-state index contributed by atoms with van der Waals surface area (Å²) < 4.78 is 0. The molecule has 1 saturated heterocycles. The topological polar surface area (TPSA) is 53.6 Å². The zero-order valence-electron chi connectivity index (χ0n) is 9.58. The molecule has 2 heterocycles. The fourth-order valence-corrected chi connectivity index (χ4v) is 1.99. The molecule has 1 fully saturated rings. The van der Waals surface area contributed by atoms with Crippen LogP contribution in [-0.2, 0) is 6.42 Å². The van der Waals surface area contributed by atoms with Crippen molar-refractivity contribution in [1.29, 1.82) is 0 Å². The van der Waals surface area contributed by atoms with E-state index in [0.717, 1.165) is 24.6 Å². The molecule has 84 valence electrons. The van der Waals surface area contributed by atoms with Gasteiger partial charge in [0.25, 0.3) is 0 Å². The zero-order valence-corrected chi connectivity index (χ0v) is 9.58. The molecule has 1 unspecified atom stereocenters. The van der Waals surface area contributed by atoms with Gasteiger partial charge in [-0.05, 0) is 19.4 Å². The van der Waals surface area contributed by atoms with E-state index in [9.17, 15) is 0 Å². The maximum atomic E-state index is 4.50. The van der Waals surface area contributed by atoms with Gasteiger partial charge < -0.3 is 5.32 Å². The lowest BCUT2D eigenvalue weighted by Crippen LogP contribution is -2.35. The molecule has 4 heteroatoms. The third kappa shape index (κ3) is 2.78. The lowest BCUT2D eigenvalue weighted by molar-refractivity contribution is 0.394. The molecular formula is C11H20N4. The zero-order chi connectivity index (χ0) is 10.7. The molecule has 1 atom stereocenters. The molecule has 4 nitrogen and oxygen atoms in total. The van der Waals surface area contributed by atoms with Crippen molar-refractivity contribution in [3.05, 3.63) is 11.6 Å². The van der Waals surface area contributed by atoms with Crippen molar-refractivity contribution in [2.45, 2.75) is 51.5 Å². The Bertz CT molecular complexity index is 299. The number of nitrogens with one attached hydrogen (secondary N) is 2. The second kappa shape index (κ2) is 4.75. The highest BCUT2D eigenvalue weighted by molar-refractivity contribution is 4.97. The molecule has 0 spiro atoms. The van der Waals surface area contributed by atoms with Crippen LogP contribution in [0.25, 0.3) is 0 Å². The maximum absolute atomic E-state index is 4.50. The monoisotopic (exact) mass is 208 g/mol. The SMILES string of the molecule is CC(C)c1n[nH]c(CC2CCCCN2)n1.